The van der Waals surface area contributed by atoms with Crippen LogP contribution in [0.3, 0.4) is 0 Å². The van der Waals surface area contributed by atoms with Gasteiger partial charge in [-0.1, -0.05) is 0 Å². The Labute approximate surface area is 113 Å². The standard InChI is InChI=1S/C13H13F2N5/c1-3-20-7-8(5-17-20)11-4-9(12(14)15)10-6-16-19(2)13(10)18-11/h4-7,12H,3H2,1-2H3. The van der Waals surface area contributed by atoms with Crippen molar-refractivity contribution in [1.82, 2.24) is 24.5 Å². The fourth-order valence-corrected chi connectivity index (χ4v) is 2.14. The fraction of sp³-hybridized carbons (Fsp3) is 0.308. The van der Waals surface area contributed by atoms with Gasteiger partial charge in [-0.2, -0.15) is 10.2 Å². The molecule has 20 heavy (non-hydrogen) atoms. The van der Waals surface area contributed by atoms with Crippen LogP contribution in [0.4, 0.5) is 8.78 Å². The number of nitrogens with zero attached hydrogens (tertiary/aromatic N) is 5. The number of rotatable bonds is 3. The minimum Gasteiger partial charge on any atom is -0.272 e. The Hall–Kier alpha value is -2.31. The van der Waals surface area contributed by atoms with Crippen LogP contribution >= 0.6 is 0 Å². The van der Waals surface area contributed by atoms with Gasteiger partial charge in [0.1, 0.15) is 0 Å². The molecule has 3 aromatic rings. The number of aromatic nitrogens is 5. The summed E-state index contributed by atoms with van der Waals surface area (Å²) in [4.78, 5) is 4.41. The van der Waals surface area contributed by atoms with E-state index in [0.29, 0.717) is 16.7 Å². The van der Waals surface area contributed by atoms with E-state index in [1.54, 1.807) is 24.1 Å². The molecule has 5 nitrogen and oxygen atoms in total. The summed E-state index contributed by atoms with van der Waals surface area (Å²) in [6.45, 7) is 2.68. The molecule has 0 fully saturated rings. The molecule has 0 saturated carbocycles. The Balaban J connectivity index is 2.23. The van der Waals surface area contributed by atoms with E-state index >= 15 is 0 Å². The van der Waals surface area contributed by atoms with Gasteiger partial charge in [0.25, 0.3) is 6.43 Å². The van der Waals surface area contributed by atoms with Crippen LogP contribution in [0.1, 0.15) is 18.9 Å². The highest BCUT2D eigenvalue weighted by molar-refractivity contribution is 5.82. The molecule has 0 bridgehead atoms. The van der Waals surface area contributed by atoms with E-state index < -0.39 is 6.43 Å². The number of fused-ring (bicyclic) bond motifs is 1. The lowest BCUT2D eigenvalue weighted by atomic mass is 10.1. The fourth-order valence-electron chi connectivity index (χ4n) is 2.14. The maximum absolute atomic E-state index is 13.2. The third-order valence-electron chi connectivity index (χ3n) is 3.23. The Morgan fingerprint density at radius 2 is 2.05 bits per heavy atom. The van der Waals surface area contributed by atoms with Crippen molar-refractivity contribution >= 4 is 11.0 Å². The zero-order chi connectivity index (χ0) is 14.3. The van der Waals surface area contributed by atoms with Gasteiger partial charge in [-0.15, -0.1) is 0 Å². The molecule has 3 rings (SSSR count). The SMILES string of the molecule is CCn1cc(-c2cc(C(F)F)c3cnn(C)c3n2)cn1. The smallest absolute Gasteiger partial charge is 0.264 e. The Morgan fingerprint density at radius 3 is 2.70 bits per heavy atom. The van der Waals surface area contributed by atoms with E-state index in [1.165, 1.54) is 16.9 Å². The molecule has 0 saturated heterocycles. The highest BCUT2D eigenvalue weighted by Gasteiger charge is 2.18. The highest BCUT2D eigenvalue weighted by atomic mass is 19.3. The molecule has 0 aliphatic carbocycles. The van der Waals surface area contributed by atoms with Crippen LogP contribution in [0.25, 0.3) is 22.3 Å². The van der Waals surface area contributed by atoms with Gasteiger partial charge >= 0.3 is 0 Å². The summed E-state index contributed by atoms with van der Waals surface area (Å²) < 4.78 is 29.6. The first kappa shape index (κ1) is 12.7. The molecule has 7 heteroatoms. The summed E-state index contributed by atoms with van der Waals surface area (Å²) in [7, 11) is 1.68. The Morgan fingerprint density at radius 1 is 1.25 bits per heavy atom. The summed E-state index contributed by atoms with van der Waals surface area (Å²) in [5.41, 5.74) is 1.59. The summed E-state index contributed by atoms with van der Waals surface area (Å²) in [6.07, 6.45) is 2.27. The van der Waals surface area contributed by atoms with Crippen molar-refractivity contribution in [2.45, 2.75) is 19.9 Å². The number of alkyl halides is 2. The van der Waals surface area contributed by atoms with Gasteiger partial charge in [0, 0.05) is 36.3 Å². The van der Waals surface area contributed by atoms with Gasteiger partial charge in [0.15, 0.2) is 5.65 Å². The number of hydrogen-bond donors (Lipinski definition) is 0. The maximum atomic E-state index is 13.2. The van der Waals surface area contributed by atoms with E-state index in [2.05, 4.69) is 15.2 Å². The highest BCUT2D eigenvalue weighted by Crippen LogP contribution is 2.30. The first-order chi connectivity index (χ1) is 9.60. The van der Waals surface area contributed by atoms with Crippen molar-refractivity contribution in [3.63, 3.8) is 0 Å². The topological polar surface area (TPSA) is 48.5 Å². The molecule has 0 aliphatic heterocycles. The van der Waals surface area contributed by atoms with E-state index in [-0.39, 0.29) is 5.56 Å². The summed E-state index contributed by atoms with van der Waals surface area (Å²) >= 11 is 0. The third-order valence-corrected chi connectivity index (χ3v) is 3.23. The summed E-state index contributed by atoms with van der Waals surface area (Å²) in [5.74, 6) is 0. The van der Waals surface area contributed by atoms with Gasteiger partial charge < -0.3 is 0 Å². The van der Waals surface area contributed by atoms with Crippen molar-refractivity contribution in [2.75, 3.05) is 0 Å². The molecule has 0 amide bonds. The Kier molecular flexibility index (Phi) is 2.96. The lowest BCUT2D eigenvalue weighted by molar-refractivity contribution is 0.153. The first-order valence-electron chi connectivity index (χ1n) is 6.23. The molecule has 0 spiro atoms. The van der Waals surface area contributed by atoms with Gasteiger partial charge in [-0.05, 0) is 13.0 Å². The Bertz CT molecular complexity index is 759. The van der Waals surface area contributed by atoms with Gasteiger partial charge in [-0.3, -0.25) is 9.36 Å². The summed E-state index contributed by atoms with van der Waals surface area (Å²) in [5, 5.41) is 8.52. The van der Waals surface area contributed by atoms with E-state index in [1.807, 2.05) is 6.92 Å². The first-order valence-corrected chi connectivity index (χ1v) is 6.23. The van der Waals surface area contributed by atoms with Gasteiger partial charge in [0.2, 0.25) is 0 Å². The third kappa shape index (κ3) is 1.95. The van der Waals surface area contributed by atoms with Crippen LogP contribution in [0.5, 0.6) is 0 Å². The lowest BCUT2D eigenvalue weighted by Crippen LogP contribution is -1.96. The second-order valence-corrected chi connectivity index (χ2v) is 4.49. The molecule has 0 aliphatic rings. The number of hydrogen-bond acceptors (Lipinski definition) is 3. The van der Waals surface area contributed by atoms with Crippen LogP contribution in [0.15, 0.2) is 24.7 Å². The lowest BCUT2D eigenvalue weighted by Gasteiger charge is -2.05. The van der Waals surface area contributed by atoms with Gasteiger partial charge in [-0.25, -0.2) is 13.8 Å². The van der Waals surface area contributed by atoms with Gasteiger partial charge in [0.05, 0.1) is 18.1 Å². The molecule has 0 unspecified atom stereocenters. The number of halogens is 2. The molecule has 0 N–H and O–H groups in total. The van der Waals surface area contributed by atoms with Crippen molar-refractivity contribution in [3.8, 4) is 11.3 Å². The minimum absolute atomic E-state index is 0.0534. The molecule has 3 aromatic heterocycles. The predicted molar refractivity (Wildman–Crippen MR) is 70.4 cm³/mol. The normalized spacial score (nSPS) is 11.7. The zero-order valence-corrected chi connectivity index (χ0v) is 11.1. The van der Waals surface area contributed by atoms with Crippen molar-refractivity contribution in [1.29, 1.82) is 0 Å². The van der Waals surface area contributed by atoms with Crippen molar-refractivity contribution in [3.05, 3.63) is 30.2 Å². The zero-order valence-electron chi connectivity index (χ0n) is 11.1. The molecule has 0 aromatic carbocycles. The second-order valence-electron chi connectivity index (χ2n) is 4.49. The average molecular weight is 277 g/mol. The molecule has 104 valence electrons. The van der Waals surface area contributed by atoms with Crippen LogP contribution < -0.4 is 0 Å². The van der Waals surface area contributed by atoms with Crippen LogP contribution in [-0.4, -0.2) is 24.5 Å². The van der Waals surface area contributed by atoms with Crippen molar-refractivity contribution < 1.29 is 8.78 Å². The van der Waals surface area contributed by atoms with Crippen molar-refractivity contribution in [2.24, 2.45) is 7.05 Å². The molecular weight excluding hydrogens is 264 g/mol. The van der Waals surface area contributed by atoms with E-state index in [4.69, 9.17) is 0 Å². The number of aryl methyl sites for hydroxylation is 2. The predicted octanol–water partition coefficient (Wildman–Crippen LogP) is 2.79. The monoisotopic (exact) mass is 277 g/mol. The largest absolute Gasteiger partial charge is 0.272 e. The molecule has 3 heterocycles. The van der Waals surface area contributed by atoms with Crippen LogP contribution in [-0.2, 0) is 13.6 Å². The van der Waals surface area contributed by atoms with E-state index in [0.717, 1.165) is 12.1 Å². The molecular formula is C13H13F2N5. The second kappa shape index (κ2) is 4.66. The van der Waals surface area contributed by atoms with Crippen LogP contribution in [0, 0.1) is 0 Å². The van der Waals surface area contributed by atoms with E-state index in [9.17, 15) is 8.78 Å². The maximum Gasteiger partial charge on any atom is 0.264 e. The average Bonchev–Trinajstić information content (AvgIpc) is 3.05. The molecule has 0 atom stereocenters. The van der Waals surface area contributed by atoms with Crippen LogP contribution in [0.2, 0.25) is 0 Å². The molecule has 0 radical (unpaired) electrons. The minimum atomic E-state index is -2.57. The quantitative estimate of drug-likeness (QED) is 0.739. The number of pyridine rings is 1. The summed E-state index contributed by atoms with van der Waals surface area (Å²) in [6, 6.07) is 1.41.